The minimum Gasteiger partial charge on any atom is -0.358 e. The maximum absolute atomic E-state index is 13.9. The van der Waals surface area contributed by atoms with Crippen LogP contribution >= 0.6 is 0 Å². The fourth-order valence-corrected chi connectivity index (χ4v) is 7.13. The van der Waals surface area contributed by atoms with E-state index >= 15 is 0 Å². The highest BCUT2D eigenvalue weighted by Gasteiger charge is 2.19. The van der Waals surface area contributed by atoms with Crippen LogP contribution in [-0.4, -0.2) is 47.6 Å². The van der Waals surface area contributed by atoms with Crippen LogP contribution in [0.3, 0.4) is 0 Å². The standard InChI is InChI=1S/C22H14FN5.C21H23N3O2/c1-11-17(15-10-12(23)6-7-16(15)26-11)22-27-20-13-4-2-8-24-18(13)19-14(21(20)28-22)5-3-9-25-19;1-15-18(19-4-2-3-5-20(19)23-15)12-13-22-14-17-8-6-16(7-9-17)10-11-21(25)24-26/h2-10,26H,1H3,(H,27,28);2-11,22-23,26H,12-14H2,1H3,(H,24,25)/b;11-10+. The minimum atomic E-state index is -0.539. The average Bonchev–Trinajstić information content (AvgIpc) is 3.88. The highest BCUT2D eigenvalue weighted by Crippen LogP contribution is 2.36. The molecule has 0 bridgehead atoms. The molecule has 0 saturated carbocycles. The Balaban J connectivity index is 0.000000154. The number of pyridine rings is 2. The summed E-state index contributed by atoms with van der Waals surface area (Å²) in [5, 5.41) is 16.0. The number of carbonyl (C=O) groups is 1. The summed E-state index contributed by atoms with van der Waals surface area (Å²) < 4.78 is 13.9. The van der Waals surface area contributed by atoms with Crippen LogP contribution in [0.15, 0.2) is 109 Å². The quantitative estimate of drug-likeness (QED) is 0.0305. The van der Waals surface area contributed by atoms with E-state index in [9.17, 15) is 9.18 Å². The molecule has 5 heterocycles. The van der Waals surface area contributed by atoms with Crippen molar-refractivity contribution in [3.05, 3.63) is 143 Å². The third kappa shape index (κ3) is 6.69. The molecule has 0 spiro atoms. The molecule has 0 radical (unpaired) electrons. The van der Waals surface area contributed by atoms with Gasteiger partial charge in [0.2, 0.25) is 0 Å². The summed E-state index contributed by atoms with van der Waals surface area (Å²) in [7, 11) is 0. The number of hydrogen-bond donors (Lipinski definition) is 6. The van der Waals surface area contributed by atoms with Crippen LogP contribution < -0.4 is 10.8 Å². The molecule has 54 heavy (non-hydrogen) atoms. The molecule has 0 unspecified atom stereocenters. The molecule has 11 heteroatoms. The maximum atomic E-state index is 13.9. The third-order valence-corrected chi connectivity index (χ3v) is 9.68. The Labute approximate surface area is 309 Å². The number of H-pyrrole nitrogens is 3. The van der Waals surface area contributed by atoms with E-state index in [0.717, 1.165) is 80.1 Å². The Morgan fingerprint density at radius 2 is 1.48 bits per heavy atom. The van der Waals surface area contributed by atoms with Gasteiger partial charge < -0.3 is 20.3 Å². The first-order chi connectivity index (χ1) is 26.4. The first-order valence-corrected chi connectivity index (χ1v) is 17.6. The molecule has 4 aromatic carbocycles. The second-order valence-corrected chi connectivity index (χ2v) is 13.2. The molecular formula is C43H37FN8O2. The molecule has 0 fully saturated rings. The fourth-order valence-electron chi connectivity index (χ4n) is 7.13. The third-order valence-electron chi connectivity index (χ3n) is 9.68. The van der Waals surface area contributed by atoms with E-state index in [1.54, 1.807) is 36.1 Å². The summed E-state index contributed by atoms with van der Waals surface area (Å²) in [5.41, 5.74) is 13.6. The lowest BCUT2D eigenvalue weighted by atomic mass is 10.1. The van der Waals surface area contributed by atoms with Crippen molar-refractivity contribution in [3.8, 4) is 11.4 Å². The van der Waals surface area contributed by atoms with Crippen molar-refractivity contribution in [1.29, 1.82) is 0 Å². The van der Waals surface area contributed by atoms with E-state index in [2.05, 4.69) is 61.4 Å². The zero-order chi connectivity index (χ0) is 37.2. The summed E-state index contributed by atoms with van der Waals surface area (Å²) in [6.45, 7) is 5.79. The largest absolute Gasteiger partial charge is 0.358 e. The SMILES string of the molecule is Cc1[nH]c2ccc(F)cc2c1-c1nc2c3cccnc3c3ncccc3c2[nH]1.Cc1[nH]c2ccccc2c1CCNCc1ccc(/C=C/C(=O)NO)cc1. The molecule has 10 nitrogen and oxygen atoms in total. The Morgan fingerprint density at radius 1 is 0.778 bits per heavy atom. The van der Waals surface area contributed by atoms with E-state index in [-0.39, 0.29) is 5.82 Å². The van der Waals surface area contributed by atoms with Gasteiger partial charge in [-0.15, -0.1) is 0 Å². The smallest absolute Gasteiger partial charge is 0.267 e. The molecule has 1 amide bonds. The van der Waals surface area contributed by atoms with Crippen LogP contribution in [0, 0.1) is 19.7 Å². The van der Waals surface area contributed by atoms with Gasteiger partial charge in [0.1, 0.15) is 11.6 Å². The first kappa shape index (κ1) is 34.4. The molecule has 0 aliphatic heterocycles. The molecule has 5 aromatic heterocycles. The van der Waals surface area contributed by atoms with Gasteiger partial charge in [0.05, 0.1) is 22.1 Å². The first-order valence-electron chi connectivity index (χ1n) is 17.6. The Bertz CT molecular complexity index is 2760. The van der Waals surface area contributed by atoms with Gasteiger partial charge in [-0.2, -0.15) is 0 Å². The van der Waals surface area contributed by atoms with Crippen LogP contribution in [-0.2, 0) is 17.8 Å². The van der Waals surface area contributed by atoms with Gasteiger partial charge in [0, 0.05) is 74.5 Å². The van der Waals surface area contributed by atoms with Crippen LogP contribution in [0.25, 0.3) is 72.1 Å². The normalized spacial score (nSPS) is 11.6. The van der Waals surface area contributed by atoms with Crippen LogP contribution in [0.2, 0.25) is 0 Å². The number of aryl methyl sites for hydroxylation is 2. The number of nitrogens with zero attached hydrogens (tertiary/aromatic N) is 3. The monoisotopic (exact) mass is 716 g/mol. The highest BCUT2D eigenvalue weighted by atomic mass is 19.1. The van der Waals surface area contributed by atoms with Crippen LogP contribution in [0.1, 0.15) is 28.1 Å². The topological polar surface area (TPSA) is 147 Å². The van der Waals surface area contributed by atoms with Crippen molar-refractivity contribution >= 4 is 66.6 Å². The van der Waals surface area contributed by atoms with E-state index in [1.807, 2.05) is 55.5 Å². The number of imidazole rings is 1. The Hall–Kier alpha value is -6.69. The van der Waals surface area contributed by atoms with E-state index in [0.29, 0.717) is 5.82 Å². The summed E-state index contributed by atoms with van der Waals surface area (Å²) in [6.07, 6.45) is 7.46. The van der Waals surface area contributed by atoms with Gasteiger partial charge in [0.25, 0.3) is 5.91 Å². The average molecular weight is 717 g/mol. The van der Waals surface area contributed by atoms with Crippen molar-refractivity contribution < 1.29 is 14.4 Å². The van der Waals surface area contributed by atoms with Gasteiger partial charge in [-0.3, -0.25) is 20.0 Å². The molecular weight excluding hydrogens is 680 g/mol. The van der Waals surface area contributed by atoms with Gasteiger partial charge in [-0.25, -0.2) is 14.9 Å². The van der Waals surface area contributed by atoms with Crippen LogP contribution in [0.5, 0.6) is 0 Å². The van der Waals surface area contributed by atoms with Gasteiger partial charge >= 0.3 is 0 Å². The predicted molar refractivity (Wildman–Crippen MR) is 213 cm³/mol. The number of aromatic amines is 3. The Kier molecular flexibility index (Phi) is 9.39. The molecule has 0 saturated heterocycles. The molecule has 9 aromatic rings. The second kappa shape index (κ2) is 14.7. The summed E-state index contributed by atoms with van der Waals surface area (Å²) >= 11 is 0. The molecule has 0 aliphatic carbocycles. The Morgan fingerprint density at radius 3 is 2.28 bits per heavy atom. The zero-order valence-corrected chi connectivity index (χ0v) is 29.7. The predicted octanol–water partition coefficient (Wildman–Crippen LogP) is 8.58. The zero-order valence-electron chi connectivity index (χ0n) is 29.7. The lowest BCUT2D eigenvalue weighted by Gasteiger charge is -2.06. The van der Waals surface area contributed by atoms with Gasteiger partial charge in [-0.1, -0.05) is 42.5 Å². The van der Waals surface area contributed by atoms with Crippen molar-refractivity contribution in [2.75, 3.05) is 6.54 Å². The second-order valence-electron chi connectivity index (χ2n) is 13.2. The van der Waals surface area contributed by atoms with Gasteiger partial charge in [0.15, 0.2) is 0 Å². The number of carbonyl (C=O) groups excluding carboxylic acids is 1. The minimum absolute atomic E-state index is 0.270. The number of benzene rings is 4. The molecule has 9 rings (SSSR count). The number of halogens is 1. The fraction of sp³-hybridized carbons (Fsp3) is 0.116. The van der Waals surface area contributed by atoms with Crippen molar-refractivity contribution in [2.45, 2.75) is 26.8 Å². The van der Waals surface area contributed by atoms with Crippen LogP contribution in [0.4, 0.5) is 4.39 Å². The number of amides is 1. The summed E-state index contributed by atoms with van der Waals surface area (Å²) in [5.74, 6) is -0.109. The highest BCUT2D eigenvalue weighted by molar-refractivity contribution is 6.21. The number of aromatic nitrogens is 6. The number of fused-ring (bicyclic) bond motifs is 8. The number of hydroxylamine groups is 1. The van der Waals surface area contributed by atoms with E-state index in [1.165, 1.54) is 39.9 Å². The lowest BCUT2D eigenvalue weighted by molar-refractivity contribution is -0.124. The molecule has 0 aliphatic rings. The van der Waals surface area contributed by atoms with Gasteiger partial charge in [-0.05, 0) is 98.1 Å². The van der Waals surface area contributed by atoms with Crippen molar-refractivity contribution in [1.82, 2.24) is 40.7 Å². The van der Waals surface area contributed by atoms with E-state index in [4.69, 9.17) is 10.2 Å². The number of hydrogen-bond acceptors (Lipinski definition) is 6. The maximum Gasteiger partial charge on any atom is 0.267 e. The van der Waals surface area contributed by atoms with E-state index < -0.39 is 5.91 Å². The molecule has 6 N–H and O–H groups in total. The molecule has 268 valence electrons. The summed E-state index contributed by atoms with van der Waals surface area (Å²) in [4.78, 5) is 35.2. The number of nitrogens with one attached hydrogen (secondary N) is 5. The van der Waals surface area contributed by atoms with Crippen molar-refractivity contribution in [2.24, 2.45) is 0 Å². The number of para-hydroxylation sites is 1. The van der Waals surface area contributed by atoms with Crippen molar-refractivity contribution in [3.63, 3.8) is 0 Å². The lowest BCUT2D eigenvalue weighted by Crippen LogP contribution is -2.16. The summed E-state index contributed by atoms with van der Waals surface area (Å²) in [6, 6.07) is 28.9. The number of rotatable bonds is 8. The molecule has 0 atom stereocenters.